The largest absolute Gasteiger partial charge is 0.488 e. The number of carbonyl (C=O) groups excluding carboxylic acids is 2. The Morgan fingerprint density at radius 2 is 2.20 bits per heavy atom. The van der Waals surface area contributed by atoms with E-state index in [1.807, 2.05) is 34.5 Å². The van der Waals surface area contributed by atoms with Crippen LogP contribution < -0.4 is 10.1 Å². The first-order valence-electron chi connectivity index (χ1n) is 8.53. The maximum absolute atomic E-state index is 12.2. The molecular weight excluding hydrogens is 336 g/mol. The van der Waals surface area contributed by atoms with Crippen molar-refractivity contribution in [3.63, 3.8) is 0 Å². The number of nitrogens with one attached hydrogen (secondary N) is 1. The molecule has 1 aromatic carbocycles. The summed E-state index contributed by atoms with van der Waals surface area (Å²) in [6.45, 7) is 2.62. The van der Waals surface area contributed by atoms with Crippen LogP contribution in [0.15, 0.2) is 41.8 Å². The number of thiophene rings is 1. The molecule has 1 fully saturated rings. The van der Waals surface area contributed by atoms with Crippen LogP contribution in [0, 0.1) is 0 Å². The SMILES string of the molecule is O=C(NCCCN1CCCC1=O)c1cccc(OCc2cccs2)c1. The third kappa shape index (κ3) is 5.06. The predicted octanol–water partition coefficient (Wildman–Crippen LogP) is 3.07. The van der Waals surface area contributed by atoms with Crippen LogP contribution in [0.3, 0.4) is 0 Å². The zero-order valence-electron chi connectivity index (χ0n) is 14.1. The third-order valence-electron chi connectivity index (χ3n) is 4.12. The summed E-state index contributed by atoms with van der Waals surface area (Å²) in [7, 11) is 0. The fourth-order valence-electron chi connectivity index (χ4n) is 2.79. The minimum Gasteiger partial charge on any atom is -0.488 e. The highest BCUT2D eigenvalue weighted by molar-refractivity contribution is 7.09. The highest BCUT2D eigenvalue weighted by atomic mass is 32.1. The van der Waals surface area contributed by atoms with Crippen LogP contribution in [0.25, 0.3) is 0 Å². The maximum Gasteiger partial charge on any atom is 0.251 e. The van der Waals surface area contributed by atoms with Crippen LogP contribution in [-0.4, -0.2) is 36.3 Å². The molecule has 6 heteroatoms. The Bertz CT molecular complexity index is 715. The van der Waals surface area contributed by atoms with E-state index < -0.39 is 0 Å². The molecule has 0 saturated carbocycles. The highest BCUT2D eigenvalue weighted by Gasteiger charge is 2.19. The Morgan fingerprint density at radius 3 is 2.96 bits per heavy atom. The average Bonchev–Trinajstić information content (AvgIpc) is 3.29. The average molecular weight is 358 g/mol. The minimum atomic E-state index is -0.116. The van der Waals surface area contributed by atoms with Crippen molar-refractivity contribution in [2.24, 2.45) is 0 Å². The van der Waals surface area contributed by atoms with Crippen LogP contribution in [0.2, 0.25) is 0 Å². The molecule has 5 nitrogen and oxygen atoms in total. The summed E-state index contributed by atoms with van der Waals surface area (Å²) >= 11 is 1.64. The van der Waals surface area contributed by atoms with Gasteiger partial charge in [0.15, 0.2) is 0 Å². The molecule has 2 amide bonds. The molecule has 0 radical (unpaired) electrons. The molecule has 132 valence electrons. The molecule has 1 aliphatic rings. The van der Waals surface area contributed by atoms with E-state index in [9.17, 15) is 9.59 Å². The molecule has 1 N–H and O–H groups in total. The molecule has 0 bridgehead atoms. The second-order valence-electron chi connectivity index (χ2n) is 5.99. The molecule has 1 aromatic heterocycles. The number of hydrogen-bond donors (Lipinski definition) is 1. The van der Waals surface area contributed by atoms with Gasteiger partial charge in [0.1, 0.15) is 12.4 Å². The summed E-state index contributed by atoms with van der Waals surface area (Å²) in [6, 6.07) is 11.2. The van der Waals surface area contributed by atoms with Crippen molar-refractivity contribution in [2.75, 3.05) is 19.6 Å². The van der Waals surface area contributed by atoms with Crippen molar-refractivity contribution < 1.29 is 14.3 Å². The number of nitrogens with zero attached hydrogens (tertiary/aromatic N) is 1. The molecule has 0 unspecified atom stereocenters. The topological polar surface area (TPSA) is 58.6 Å². The molecule has 2 heterocycles. The lowest BCUT2D eigenvalue weighted by atomic mass is 10.2. The van der Waals surface area contributed by atoms with E-state index in [1.165, 1.54) is 0 Å². The van der Waals surface area contributed by atoms with Crippen molar-refractivity contribution in [3.8, 4) is 5.75 Å². The molecule has 0 atom stereocenters. The van der Waals surface area contributed by atoms with Crippen molar-refractivity contribution in [1.29, 1.82) is 0 Å². The van der Waals surface area contributed by atoms with Gasteiger partial charge in [0.25, 0.3) is 5.91 Å². The minimum absolute atomic E-state index is 0.116. The summed E-state index contributed by atoms with van der Waals surface area (Å²) in [6.07, 6.45) is 2.38. The van der Waals surface area contributed by atoms with Gasteiger partial charge in [-0.05, 0) is 42.5 Å². The van der Waals surface area contributed by atoms with E-state index in [2.05, 4.69) is 5.32 Å². The number of ether oxygens (including phenoxy) is 1. The summed E-state index contributed by atoms with van der Waals surface area (Å²) < 4.78 is 5.73. The second-order valence-corrected chi connectivity index (χ2v) is 7.02. The van der Waals surface area contributed by atoms with Crippen LogP contribution in [0.1, 0.15) is 34.5 Å². The van der Waals surface area contributed by atoms with E-state index in [1.54, 1.807) is 23.5 Å². The van der Waals surface area contributed by atoms with Gasteiger partial charge in [0.05, 0.1) is 0 Å². The zero-order valence-corrected chi connectivity index (χ0v) is 14.9. The Hall–Kier alpha value is -2.34. The lowest BCUT2D eigenvalue weighted by Crippen LogP contribution is -2.30. The number of rotatable bonds is 8. The lowest BCUT2D eigenvalue weighted by molar-refractivity contribution is -0.127. The van der Waals surface area contributed by atoms with Gasteiger partial charge in [-0.2, -0.15) is 0 Å². The first-order valence-corrected chi connectivity index (χ1v) is 9.41. The van der Waals surface area contributed by atoms with Crippen LogP contribution in [-0.2, 0) is 11.4 Å². The summed E-state index contributed by atoms with van der Waals surface area (Å²) in [5, 5.41) is 4.92. The monoisotopic (exact) mass is 358 g/mol. The van der Waals surface area contributed by atoms with Crippen LogP contribution in [0.4, 0.5) is 0 Å². The first kappa shape index (κ1) is 17.5. The number of hydrogen-bond acceptors (Lipinski definition) is 4. The van der Waals surface area contributed by atoms with E-state index in [4.69, 9.17) is 4.74 Å². The number of benzene rings is 1. The molecule has 1 aliphatic heterocycles. The molecule has 2 aromatic rings. The molecule has 1 saturated heterocycles. The highest BCUT2D eigenvalue weighted by Crippen LogP contribution is 2.17. The summed E-state index contributed by atoms with van der Waals surface area (Å²) in [4.78, 5) is 26.8. The molecular formula is C19H22N2O3S. The van der Waals surface area contributed by atoms with Gasteiger partial charge in [-0.25, -0.2) is 0 Å². The fourth-order valence-corrected chi connectivity index (χ4v) is 3.41. The molecule has 25 heavy (non-hydrogen) atoms. The van der Waals surface area contributed by atoms with Gasteiger partial charge in [-0.3, -0.25) is 9.59 Å². The molecule has 0 aliphatic carbocycles. The summed E-state index contributed by atoms with van der Waals surface area (Å²) in [5.41, 5.74) is 0.584. The molecule has 0 spiro atoms. The van der Waals surface area contributed by atoms with Crippen LogP contribution >= 0.6 is 11.3 Å². The Morgan fingerprint density at radius 1 is 1.28 bits per heavy atom. The normalized spacial score (nSPS) is 13.9. The zero-order chi connectivity index (χ0) is 17.5. The number of carbonyl (C=O) groups is 2. The van der Waals surface area contributed by atoms with Gasteiger partial charge in [-0.15, -0.1) is 11.3 Å². The van der Waals surface area contributed by atoms with Gasteiger partial charge in [0.2, 0.25) is 5.91 Å². The van der Waals surface area contributed by atoms with E-state index >= 15 is 0 Å². The maximum atomic E-state index is 12.2. The van der Waals surface area contributed by atoms with E-state index in [0.717, 1.165) is 24.3 Å². The van der Waals surface area contributed by atoms with Crippen LogP contribution in [0.5, 0.6) is 5.75 Å². The first-order chi connectivity index (χ1) is 12.2. The van der Waals surface area contributed by atoms with Crippen molar-refractivity contribution >= 4 is 23.2 Å². The van der Waals surface area contributed by atoms with Gasteiger partial charge in [-0.1, -0.05) is 12.1 Å². The Labute approximate surface area is 151 Å². The lowest BCUT2D eigenvalue weighted by Gasteiger charge is -2.15. The quantitative estimate of drug-likeness (QED) is 0.738. The van der Waals surface area contributed by atoms with Crippen molar-refractivity contribution in [1.82, 2.24) is 10.2 Å². The van der Waals surface area contributed by atoms with Crippen molar-refractivity contribution in [3.05, 3.63) is 52.2 Å². The Kier molecular flexibility index (Phi) is 6.06. The second kappa shape index (κ2) is 8.67. The predicted molar refractivity (Wildman–Crippen MR) is 97.9 cm³/mol. The van der Waals surface area contributed by atoms with E-state index in [-0.39, 0.29) is 11.8 Å². The number of amides is 2. The number of likely N-dealkylation sites (tertiary alicyclic amines) is 1. The molecule has 3 rings (SSSR count). The smallest absolute Gasteiger partial charge is 0.251 e. The van der Waals surface area contributed by atoms with E-state index in [0.29, 0.717) is 37.4 Å². The third-order valence-corrected chi connectivity index (χ3v) is 4.97. The fraction of sp³-hybridized carbons (Fsp3) is 0.368. The van der Waals surface area contributed by atoms with Crippen molar-refractivity contribution in [2.45, 2.75) is 25.9 Å². The standard InChI is InChI=1S/C19H22N2O3S/c22-18-8-2-10-21(18)11-4-9-20-19(23)15-5-1-6-16(13-15)24-14-17-7-3-12-25-17/h1,3,5-7,12-13H,2,4,8-11,14H2,(H,20,23). The summed E-state index contributed by atoms with van der Waals surface area (Å²) in [5.74, 6) is 0.792. The Balaban J connectivity index is 1.43. The van der Waals surface area contributed by atoms with Gasteiger partial charge >= 0.3 is 0 Å². The van der Waals surface area contributed by atoms with Gasteiger partial charge in [0, 0.05) is 36.5 Å². The van der Waals surface area contributed by atoms with Gasteiger partial charge < -0.3 is 15.0 Å².